The molecule has 26 heavy (non-hydrogen) atoms. The average Bonchev–Trinajstić information content (AvgIpc) is 3.30. The zero-order valence-corrected chi connectivity index (χ0v) is 15.3. The Morgan fingerprint density at radius 3 is 2.73 bits per heavy atom. The van der Waals surface area contributed by atoms with Crippen LogP contribution in [0.1, 0.15) is 22.3 Å². The first-order valence-electron chi connectivity index (χ1n) is 9.07. The van der Waals surface area contributed by atoms with Gasteiger partial charge in [-0.3, -0.25) is 4.79 Å². The number of nitrogens with zero attached hydrogens (tertiary/aromatic N) is 4. The maximum absolute atomic E-state index is 13.1. The van der Waals surface area contributed by atoms with Gasteiger partial charge in [-0.2, -0.15) is 0 Å². The molecule has 2 heterocycles. The van der Waals surface area contributed by atoms with E-state index >= 15 is 0 Å². The summed E-state index contributed by atoms with van der Waals surface area (Å²) in [4.78, 5) is 21.8. The Hall–Kier alpha value is -2.66. The fraction of sp³-hybridized carbons (Fsp3) is 0.333. The van der Waals surface area contributed by atoms with Gasteiger partial charge in [0.2, 0.25) is 0 Å². The number of benzene rings is 2. The van der Waals surface area contributed by atoms with Crippen LogP contribution in [0.3, 0.4) is 0 Å². The number of carbonyl (C=O) groups excluding carboxylic acids is 1. The van der Waals surface area contributed by atoms with E-state index in [1.54, 1.807) is 0 Å². The van der Waals surface area contributed by atoms with Crippen LogP contribution in [0.15, 0.2) is 54.9 Å². The van der Waals surface area contributed by atoms with E-state index < -0.39 is 0 Å². The van der Waals surface area contributed by atoms with Gasteiger partial charge in [-0.15, -0.1) is 0 Å². The third-order valence-corrected chi connectivity index (χ3v) is 5.30. The molecular formula is C21H24N4O. The largest absolute Gasteiger partial charge is 0.337 e. The van der Waals surface area contributed by atoms with E-state index in [0.29, 0.717) is 12.6 Å². The van der Waals surface area contributed by atoms with Crippen molar-refractivity contribution in [2.24, 2.45) is 0 Å². The molecule has 2 aromatic carbocycles. The van der Waals surface area contributed by atoms with Crippen LogP contribution in [0, 0.1) is 0 Å². The lowest BCUT2D eigenvalue weighted by molar-refractivity contribution is 0.0782. The van der Waals surface area contributed by atoms with E-state index in [4.69, 9.17) is 0 Å². The Bertz CT molecular complexity index is 930. The second kappa shape index (κ2) is 6.92. The Balaban J connectivity index is 1.60. The van der Waals surface area contributed by atoms with Gasteiger partial charge in [0.15, 0.2) is 0 Å². The molecule has 1 aliphatic heterocycles. The highest BCUT2D eigenvalue weighted by atomic mass is 16.2. The van der Waals surface area contributed by atoms with Crippen molar-refractivity contribution < 1.29 is 4.79 Å². The lowest BCUT2D eigenvalue weighted by Crippen LogP contribution is -2.34. The smallest absolute Gasteiger partial charge is 0.254 e. The lowest BCUT2D eigenvalue weighted by atomic mass is 10.1. The van der Waals surface area contributed by atoms with Crippen LogP contribution in [-0.2, 0) is 6.54 Å². The number of hydrogen-bond donors (Lipinski definition) is 0. The molecule has 1 atom stereocenters. The first kappa shape index (κ1) is 16.8. The van der Waals surface area contributed by atoms with Gasteiger partial charge in [0.1, 0.15) is 0 Å². The van der Waals surface area contributed by atoms with E-state index in [-0.39, 0.29) is 5.91 Å². The monoisotopic (exact) mass is 348 g/mol. The van der Waals surface area contributed by atoms with Gasteiger partial charge >= 0.3 is 0 Å². The summed E-state index contributed by atoms with van der Waals surface area (Å²) >= 11 is 0. The molecule has 0 radical (unpaired) electrons. The highest BCUT2D eigenvalue weighted by Crippen LogP contribution is 2.21. The van der Waals surface area contributed by atoms with Crippen LogP contribution in [0.5, 0.6) is 0 Å². The minimum Gasteiger partial charge on any atom is -0.337 e. The zero-order valence-electron chi connectivity index (χ0n) is 15.3. The Labute approximate surface area is 153 Å². The summed E-state index contributed by atoms with van der Waals surface area (Å²) in [5.74, 6) is 0.134. The van der Waals surface area contributed by atoms with Gasteiger partial charge in [-0.25, -0.2) is 4.98 Å². The van der Waals surface area contributed by atoms with Gasteiger partial charge in [0, 0.05) is 31.2 Å². The van der Waals surface area contributed by atoms with E-state index in [1.165, 1.54) is 0 Å². The van der Waals surface area contributed by atoms with E-state index in [0.717, 1.165) is 41.7 Å². The maximum atomic E-state index is 13.1. The molecule has 0 saturated carbocycles. The number of imidazole rings is 1. The van der Waals surface area contributed by atoms with Crippen LogP contribution >= 0.6 is 0 Å². The number of fused-ring (bicyclic) bond motifs is 1. The number of likely N-dealkylation sites (N-methyl/N-ethyl adjacent to an activating group) is 1. The predicted molar refractivity (Wildman–Crippen MR) is 103 cm³/mol. The molecule has 0 N–H and O–H groups in total. The third-order valence-electron chi connectivity index (χ3n) is 5.30. The summed E-state index contributed by atoms with van der Waals surface area (Å²) in [6.07, 6.45) is 2.89. The molecule has 5 nitrogen and oxygen atoms in total. The van der Waals surface area contributed by atoms with Crippen molar-refractivity contribution in [3.8, 4) is 0 Å². The molecule has 1 saturated heterocycles. The number of amides is 1. The molecule has 0 aliphatic carbocycles. The Morgan fingerprint density at radius 2 is 1.92 bits per heavy atom. The topological polar surface area (TPSA) is 41.4 Å². The van der Waals surface area contributed by atoms with Crippen molar-refractivity contribution >= 4 is 16.9 Å². The number of likely N-dealkylation sites (tertiary alicyclic amines) is 1. The van der Waals surface area contributed by atoms with Gasteiger partial charge in [-0.05, 0) is 44.3 Å². The lowest BCUT2D eigenvalue weighted by Gasteiger charge is -2.21. The number of carbonyl (C=O) groups is 1. The molecule has 5 heteroatoms. The third kappa shape index (κ3) is 3.10. The normalized spacial score (nSPS) is 17.3. The first-order valence-corrected chi connectivity index (χ1v) is 9.07. The van der Waals surface area contributed by atoms with E-state index in [9.17, 15) is 4.79 Å². The molecule has 1 fully saturated rings. The van der Waals surface area contributed by atoms with Crippen molar-refractivity contribution in [1.82, 2.24) is 19.4 Å². The molecule has 134 valence electrons. The van der Waals surface area contributed by atoms with Crippen molar-refractivity contribution in [1.29, 1.82) is 0 Å². The fourth-order valence-electron chi connectivity index (χ4n) is 3.70. The summed E-state index contributed by atoms with van der Waals surface area (Å²) in [5, 5.41) is 0. The van der Waals surface area contributed by atoms with Gasteiger partial charge in [0.05, 0.1) is 17.4 Å². The minimum absolute atomic E-state index is 0.134. The summed E-state index contributed by atoms with van der Waals surface area (Å²) in [6.45, 7) is 2.27. The fourth-order valence-corrected chi connectivity index (χ4v) is 3.70. The van der Waals surface area contributed by atoms with Crippen molar-refractivity contribution in [2.45, 2.75) is 19.0 Å². The Kier molecular flexibility index (Phi) is 4.47. The van der Waals surface area contributed by atoms with Crippen LogP contribution in [0.4, 0.5) is 0 Å². The van der Waals surface area contributed by atoms with Crippen molar-refractivity contribution in [3.05, 3.63) is 66.0 Å². The second-order valence-corrected chi connectivity index (χ2v) is 7.18. The zero-order chi connectivity index (χ0) is 18.1. The molecule has 1 unspecified atom stereocenters. The van der Waals surface area contributed by atoms with Gasteiger partial charge in [0.25, 0.3) is 5.91 Å². The highest BCUT2D eigenvalue weighted by Gasteiger charge is 2.29. The average molecular weight is 348 g/mol. The van der Waals surface area contributed by atoms with Crippen molar-refractivity contribution in [2.75, 3.05) is 27.2 Å². The molecule has 4 rings (SSSR count). The maximum Gasteiger partial charge on any atom is 0.254 e. The number of aromatic nitrogens is 2. The summed E-state index contributed by atoms with van der Waals surface area (Å²) < 4.78 is 2.11. The van der Waals surface area contributed by atoms with Gasteiger partial charge in [-0.1, -0.05) is 30.3 Å². The van der Waals surface area contributed by atoms with E-state index in [2.05, 4.69) is 34.6 Å². The van der Waals surface area contributed by atoms with Crippen LogP contribution < -0.4 is 0 Å². The summed E-state index contributed by atoms with van der Waals surface area (Å²) in [7, 11) is 4.16. The molecule has 1 aromatic heterocycles. The molecule has 3 aromatic rings. The molecule has 0 spiro atoms. The molecule has 1 amide bonds. The second-order valence-electron chi connectivity index (χ2n) is 7.18. The van der Waals surface area contributed by atoms with Crippen molar-refractivity contribution in [3.63, 3.8) is 0 Å². The molecule has 0 bridgehead atoms. The van der Waals surface area contributed by atoms with Crippen LogP contribution in [-0.4, -0.2) is 58.5 Å². The SMILES string of the molecule is CN(C)C1CCN(C(=O)c2ccccc2Cn2cnc3ccccc32)C1. The Morgan fingerprint density at radius 1 is 1.15 bits per heavy atom. The van der Waals surface area contributed by atoms with E-state index in [1.807, 2.05) is 53.7 Å². The standard InChI is InChI=1S/C21H24N4O/c1-23(2)17-11-12-24(14-17)21(26)18-8-4-3-7-16(18)13-25-15-22-19-9-5-6-10-20(19)25/h3-10,15,17H,11-14H2,1-2H3. The summed E-state index contributed by atoms with van der Waals surface area (Å²) in [5.41, 5.74) is 3.90. The van der Waals surface area contributed by atoms with Gasteiger partial charge < -0.3 is 14.4 Å². The number of para-hydroxylation sites is 2. The van der Waals surface area contributed by atoms with Crippen LogP contribution in [0.25, 0.3) is 11.0 Å². The highest BCUT2D eigenvalue weighted by molar-refractivity contribution is 5.96. The minimum atomic E-state index is 0.134. The number of hydrogen-bond acceptors (Lipinski definition) is 3. The predicted octanol–water partition coefficient (Wildman–Crippen LogP) is 2.86. The molecular weight excluding hydrogens is 324 g/mol. The number of rotatable bonds is 4. The quantitative estimate of drug-likeness (QED) is 0.728. The molecule has 1 aliphatic rings. The van der Waals surface area contributed by atoms with Crippen LogP contribution in [0.2, 0.25) is 0 Å². The summed E-state index contributed by atoms with van der Waals surface area (Å²) in [6, 6.07) is 16.5. The first-order chi connectivity index (χ1) is 12.6.